The monoisotopic (exact) mass is 269 g/mol. The van der Waals surface area contributed by atoms with E-state index in [1.807, 2.05) is 0 Å². The molecule has 0 radical (unpaired) electrons. The topological polar surface area (TPSA) is 40.7 Å². The van der Waals surface area contributed by atoms with Gasteiger partial charge in [0.1, 0.15) is 0 Å². The van der Waals surface area contributed by atoms with Gasteiger partial charge in [-0.2, -0.15) is 5.10 Å². The Bertz CT molecular complexity index is 562. The molecule has 3 nitrogen and oxygen atoms in total. The van der Waals surface area contributed by atoms with Crippen LogP contribution in [0.1, 0.15) is 42.6 Å². The van der Waals surface area contributed by atoms with Gasteiger partial charge in [-0.1, -0.05) is 31.2 Å². The van der Waals surface area contributed by atoms with E-state index < -0.39 is 0 Å². The fourth-order valence-corrected chi connectivity index (χ4v) is 3.10. The van der Waals surface area contributed by atoms with Gasteiger partial charge < -0.3 is 5.32 Å². The molecule has 1 fully saturated rings. The van der Waals surface area contributed by atoms with Gasteiger partial charge in [0.15, 0.2) is 0 Å². The van der Waals surface area contributed by atoms with Crippen LogP contribution in [-0.2, 0) is 6.42 Å². The zero-order chi connectivity index (χ0) is 13.9. The second-order valence-electron chi connectivity index (χ2n) is 5.70. The van der Waals surface area contributed by atoms with E-state index in [0.717, 1.165) is 19.5 Å². The highest BCUT2D eigenvalue weighted by molar-refractivity contribution is 5.69. The SMILES string of the molecule is CCc1ccc(-c2c(C3CCCNC3)n[nH]c2C)cc1. The van der Waals surface area contributed by atoms with E-state index in [9.17, 15) is 0 Å². The molecule has 2 N–H and O–H groups in total. The molecule has 2 aromatic rings. The Morgan fingerprint density at radius 2 is 2.05 bits per heavy atom. The smallest absolute Gasteiger partial charge is 0.0746 e. The molecule has 3 heteroatoms. The Balaban J connectivity index is 1.96. The van der Waals surface area contributed by atoms with Gasteiger partial charge in [-0.15, -0.1) is 0 Å². The molecule has 1 aliphatic rings. The molecule has 0 spiro atoms. The van der Waals surface area contributed by atoms with Crippen LogP contribution in [0.2, 0.25) is 0 Å². The molecule has 1 unspecified atom stereocenters. The predicted molar refractivity (Wildman–Crippen MR) is 83.0 cm³/mol. The van der Waals surface area contributed by atoms with Gasteiger partial charge in [-0.25, -0.2) is 0 Å². The van der Waals surface area contributed by atoms with Gasteiger partial charge in [0.25, 0.3) is 0 Å². The molecule has 1 saturated heterocycles. The Morgan fingerprint density at radius 3 is 2.70 bits per heavy atom. The molecule has 2 heterocycles. The van der Waals surface area contributed by atoms with Gasteiger partial charge in [-0.3, -0.25) is 5.10 Å². The molecule has 0 amide bonds. The third-order valence-corrected chi connectivity index (χ3v) is 4.31. The quantitative estimate of drug-likeness (QED) is 0.896. The first-order valence-corrected chi connectivity index (χ1v) is 7.64. The molecule has 1 aromatic heterocycles. The number of aryl methyl sites for hydroxylation is 2. The van der Waals surface area contributed by atoms with Gasteiger partial charge in [-0.05, 0) is 43.9 Å². The van der Waals surface area contributed by atoms with Gasteiger partial charge in [0, 0.05) is 23.7 Å². The third-order valence-electron chi connectivity index (χ3n) is 4.31. The summed E-state index contributed by atoms with van der Waals surface area (Å²) < 4.78 is 0. The van der Waals surface area contributed by atoms with Crippen LogP contribution >= 0.6 is 0 Å². The number of aromatic amines is 1. The average Bonchev–Trinajstić information content (AvgIpc) is 2.90. The summed E-state index contributed by atoms with van der Waals surface area (Å²) >= 11 is 0. The van der Waals surface area contributed by atoms with Crippen molar-refractivity contribution in [2.24, 2.45) is 0 Å². The van der Waals surface area contributed by atoms with Gasteiger partial charge >= 0.3 is 0 Å². The van der Waals surface area contributed by atoms with Crippen LogP contribution in [0.3, 0.4) is 0 Å². The number of nitrogens with zero attached hydrogens (tertiary/aromatic N) is 1. The number of rotatable bonds is 3. The highest BCUT2D eigenvalue weighted by atomic mass is 15.1. The van der Waals surface area contributed by atoms with Crippen molar-refractivity contribution in [1.29, 1.82) is 0 Å². The molecule has 1 aliphatic heterocycles. The molecular weight excluding hydrogens is 246 g/mol. The lowest BCUT2D eigenvalue weighted by molar-refractivity contribution is 0.455. The van der Waals surface area contributed by atoms with E-state index in [0.29, 0.717) is 5.92 Å². The molecule has 1 aromatic carbocycles. The molecule has 0 saturated carbocycles. The standard InChI is InChI=1S/C17H23N3/c1-3-13-6-8-14(9-7-13)16-12(2)19-20-17(16)15-5-4-10-18-11-15/h6-9,15,18H,3-5,10-11H2,1-2H3,(H,19,20). The summed E-state index contributed by atoms with van der Waals surface area (Å²) in [6.45, 7) is 6.50. The maximum absolute atomic E-state index is 4.59. The first-order chi connectivity index (χ1) is 9.79. The van der Waals surface area contributed by atoms with E-state index in [1.54, 1.807) is 0 Å². The lowest BCUT2D eigenvalue weighted by Gasteiger charge is -2.22. The van der Waals surface area contributed by atoms with Crippen molar-refractivity contribution < 1.29 is 0 Å². The molecule has 106 valence electrons. The van der Waals surface area contributed by atoms with Crippen LogP contribution < -0.4 is 5.32 Å². The summed E-state index contributed by atoms with van der Waals surface area (Å²) in [5.74, 6) is 0.537. The molecular formula is C17H23N3. The van der Waals surface area contributed by atoms with Crippen molar-refractivity contribution in [3.05, 3.63) is 41.2 Å². The normalized spacial score (nSPS) is 19.2. The maximum atomic E-state index is 4.59. The molecule has 1 atom stereocenters. The zero-order valence-electron chi connectivity index (χ0n) is 12.4. The summed E-state index contributed by atoms with van der Waals surface area (Å²) in [7, 11) is 0. The van der Waals surface area contributed by atoms with Gasteiger partial charge in [0.05, 0.1) is 5.69 Å². The molecule has 20 heavy (non-hydrogen) atoms. The van der Waals surface area contributed by atoms with E-state index in [4.69, 9.17) is 0 Å². The number of H-pyrrole nitrogens is 1. The average molecular weight is 269 g/mol. The highest BCUT2D eigenvalue weighted by Crippen LogP contribution is 2.33. The van der Waals surface area contributed by atoms with Crippen LogP contribution in [0.4, 0.5) is 0 Å². The summed E-state index contributed by atoms with van der Waals surface area (Å²) in [5, 5.41) is 11.3. The van der Waals surface area contributed by atoms with Crippen LogP contribution in [0, 0.1) is 6.92 Å². The summed E-state index contributed by atoms with van der Waals surface area (Å²) in [6.07, 6.45) is 3.56. The minimum absolute atomic E-state index is 0.537. The largest absolute Gasteiger partial charge is 0.316 e. The molecule has 0 bridgehead atoms. The minimum atomic E-state index is 0.537. The number of nitrogens with one attached hydrogen (secondary N) is 2. The van der Waals surface area contributed by atoms with Crippen molar-refractivity contribution in [3.63, 3.8) is 0 Å². The van der Waals surface area contributed by atoms with Crippen LogP contribution in [0.5, 0.6) is 0 Å². The Labute approximate surface area is 120 Å². The summed E-state index contributed by atoms with van der Waals surface area (Å²) in [4.78, 5) is 0. The maximum Gasteiger partial charge on any atom is 0.0746 e. The first kappa shape index (κ1) is 13.4. The van der Waals surface area contributed by atoms with E-state index in [-0.39, 0.29) is 0 Å². The molecule has 3 rings (SSSR count). The Morgan fingerprint density at radius 1 is 1.25 bits per heavy atom. The number of benzene rings is 1. The van der Waals surface area contributed by atoms with Crippen molar-refractivity contribution in [2.45, 2.75) is 39.0 Å². The number of hydrogen-bond acceptors (Lipinski definition) is 2. The van der Waals surface area contributed by atoms with Crippen molar-refractivity contribution in [1.82, 2.24) is 15.5 Å². The first-order valence-electron chi connectivity index (χ1n) is 7.64. The fourth-order valence-electron chi connectivity index (χ4n) is 3.10. The second kappa shape index (κ2) is 5.80. The zero-order valence-corrected chi connectivity index (χ0v) is 12.4. The van der Waals surface area contributed by atoms with E-state index >= 15 is 0 Å². The number of piperidine rings is 1. The fraction of sp³-hybridized carbons (Fsp3) is 0.471. The van der Waals surface area contributed by atoms with Gasteiger partial charge in [0.2, 0.25) is 0 Å². The summed E-state index contributed by atoms with van der Waals surface area (Å²) in [6, 6.07) is 8.92. The molecule has 0 aliphatic carbocycles. The number of hydrogen-bond donors (Lipinski definition) is 2. The van der Waals surface area contributed by atoms with Crippen molar-refractivity contribution in [3.8, 4) is 11.1 Å². The Kier molecular flexibility index (Phi) is 3.88. The van der Waals surface area contributed by atoms with Crippen LogP contribution in [0.25, 0.3) is 11.1 Å². The Hall–Kier alpha value is -1.61. The predicted octanol–water partition coefficient (Wildman–Crippen LogP) is 3.41. The van der Waals surface area contributed by atoms with Crippen molar-refractivity contribution >= 4 is 0 Å². The van der Waals surface area contributed by atoms with Crippen molar-refractivity contribution in [2.75, 3.05) is 13.1 Å². The van der Waals surface area contributed by atoms with Crippen LogP contribution in [0.15, 0.2) is 24.3 Å². The van der Waals surface area contributed by atoms with E-state index in [1.165, 1.54) is 40.9 Å². The third kappa shape index (κ3) is 2.50. The summed E-state index contributed by atoms with van der Waals surface area (Å²) in [5.41, 5.74) is 6.39. The highest BCUT2D eigenvalue weighted by Gasteiger charge is 2.23. The minimum Gasteiger partial charge on any atom is -0.316 e. The lowest BCUT2D eigenvalue weighted by atomic mass is 9.90. The lowest BCUT2D eigenvalue weighted by Crippen LogP contribution is -2.28. The van der Waals surface area contributed by atoms with E-state index in [2.05, 4.69) is 53.6 Å². The number of aromatic nitrogens is 2. The van der Waals surface area contributed by atoms with Crippen LogP contribution in [-0.4, -0.2) is 23.3 Å². The second-order valence-corrected chi connectivity index (χ2v) is 5.70.